The van der Waals surface area contributed by atoms with Crippen LogP contribution >= 0.6 is 15.9 Å². The Morgan fingerprint density at radius 3 is 1.87 bits per heavy atom. The molecule has 4 nitrogen and oxygen atoms in total. The minimum Gasteiger partial charge on any atom is -0.351 e. The molecule has 0 aliphatic heterocycles. The van der Waals surface area contributed by atoms with E-state index in [0.717, 1.165) is 24.6 Å². The summed E-state index contributed by atoms with van der Waals surface area (Å²) in [5, 5.41) is 6.04. The molecule has 0 aromatic heterocycles. The highest BCUT2D eigenvalue weighted by atomic mass is 79.9. The molecule has 2 N–H and O–H groups in total. The molecule has 23 heavy (non-hydrogen) atoms. The number of carbonyl (C=O) groups is 2. The maximum Gasteiger partial charge on any atom is 0.309 e. The number of halogens is 1. The van der Waals surface area contributed by atoms with Crippen molar-refractivity contribution in [2.24, 2.45) is 0 Å². The van der Waals surface area contributed by atoms with Crippen LogP contribution < -0.4 is 10.6 Å². The van der Waals surface area contributed by atoms with Crippen LogP contribution in [0.3, 0.4) is 0 Å². The van der Waals surface area contributed by atoms with E-state index >= 15 is 0 Å². The van der Waals surface area contributed by atoms with Crippen LogP contribution in [-0.2, 0) is 9.59 Å². The van der Waals surface area contributed by atoms with Crippen molar-refractivity contribution in [1.29, 1.82) is 0 Å². The SMILES string of the molecule is CNC(=O)C(=O)NCCCC/C=C\CCCCCCCCCBr. The molecule has 5 heteroatoms. The van der Waals surface area contributed by atoms with E-state index in [1.807, 2.05) is 0 Å². The van der Waals surface area contributed by atoms with Crippen LogP contribution in [0, 0.1) is 0 Å². The van der Waals surface area contributed by atoms with Crippen LogP contribution in [0.15, 0.2) is 12.2 Å². The largest absolute Gasteiger partial charge is 0.351 e. The van der Waals surface area contributed by atoms with Crippen molar-refractivity contribution in [2.45, 2.75) is 70.6 Å². The number of rotatable bonds is 14. The van der Waals surface area contributed by atoms with Crippen molar-refractivity contribution in [3.8, 4) is 0 Å². The molecular formula is C18H33BrN2O2. The summed E-state index contributed by atoms with van der Waals surface area (Å²) in [5.41, 5.74) is 0. The molecule has 0 unspecified atom stereocenters. The van der Waals surface area contributed by atoms with Crippen molar-refractivity contribution in [3.05, 3.63) is 12.2 Å². The number of likely N-dealkylation sites (N-methyl/N-ethyl adjacent to an activating group) is 1. The molecule has 0 heterocycles. The van der Waals surface area contributed by atoms with Crippen molar-refractivity contribution in [3.63, 3.8) is 0 Å². The topological polar surface area (TPSA) is 58.2 Å². The van der Waals surface area contributed by atoms with Crippen LogP contribution in [0.4, 0.5) is 0 Å². The molecule has 0 aromatic carbocycles. The summed E-state index contributed by atoms with van der Waals surface area (Å²) < 4.78 is 0. The fourth-order valence-corrected chi connectivity index (χ4v) is 2.66. The number of allylic oxidation sites excluding steroid dienone is 2. The molecule has 0 aromatic rings. The van der Waals surface area contributed by atoms with E-state index < -0.39 is 11.8 Å². The molecule has 0 bridgehead atoms. The van der Waals surface area contributed by atoms with E-state index in [1.54, 1.807) is 0 Å². The fraction of sp³-hybridized carbons (Fsp3) is 0.778. The zero-order chi connectivity index (χ0) is 17.2. The Bertz CT molecular complexity index is 333. The highest BCUT2D eigenvalue weighted by molar-refractivity contribution is 9.09. The van der Waals surface area contributed by atoms with E-state index in [-0.39, 0.29) is 0 Å². The Balaban J connectivity index is 3.23. The molecule has 0 aliphatic rings. The Kier molecular flexibility index (Phi) is 16.9. The summed E-state index contributed by atoms with van der Waals surface area (Å²) in [6.45, 7) is 0.565. The second-order valence-electron chi connectivity index (χ2n) is 5.75. The van der Waals surface area contributed by atoms with Gasteiger partial charge in [-0.1, -0.05) is 60.2 Å². The molecular weight excluding hydrogens is 356 g/mol. The summed E-state index contributed by atoms with van der Waals surface area (Å²) >= 11 is 3.46. The standard InChI is InChI=1S/C18H33BrN2O2/c1-20-17(22)18(23)21-16-14-12-10-8-6-4-2-3-5-7-9-11-13-15-19/h6,8H,2-5,7,9-16H2,1H3,(H,20,22)(H,21,23)/b8-6-. The van der Waals surface area contributed by atoms with Gasteiger partial charge in [-0.25, -0.2) is 0 Å². The molecule has 134 valence electrons. The maximum absolute atomic E-state index is 11.2. The highest BCUT2D eigenvalue weighted by Gasteiger charge is 2.08. The van der Waals surface area contributed by atoms with Gasteiger partial charge < -0.3 is 10.6 Å². The molecule has 2 amide bonds. The van der Waals surface area contributed by atoms with Gasteiger partial charge in [0.15, 0.2) is 0 Å². The molecule has 0 fully saturated rings. The van der Waals surface area contributed by atoms with Gasteiger partial charge in [0.05, 0.1) is 0 Å². The quantitative estimate of drug-likeness (QED) is 0.203. The Labute approximate surface area is 150 Å². The number of nitrogens with one attached hydrogen (secondary N) is 2. The third-order valence-electron chi connectivity index (χ3n) is 3.69. The summed E-state index contributed by atoms with van der Waals surface area (Å²) in [4.78, 5) is 22.1. The number of hydrogen-bond donors (Lipinski definition) is 2. The van der Waals surface area contributed by atoms with Crippen LogP contribution in [0.5, 0.6) is 0 Å². The normalized spacial score (nSPS) is 10.9. The number of hydrogen-bond acceptors (Lipinski definition) is 2. The van der Waals surface area contributed by atoms with E-state index in [4.69, 9.17) is 0 Å². The van der Waals surface area contributed by atoms with Crippen molar-refractivity contribution < 1.29 is 9.59 Å². The van der Waals surface area contributed by atoms with Crippen LogP contribution in [0.25, 0.3) is 0 Å². The molecule has 0 rings (SSSR count). The molecule has 0 aliphatic carbocycles. The van der Waals surface area contributed by atoms with Gasteiger partial charge >= 0.3 is 11.8 Å². The van der Waals surface area contributed by atoms with Gasteiger partial charge in [0, 0.05) is 18.9 Å². The lowest BCUT2D eigenvalue weighted by molar-refractivity contribution is -0.138. The van der Waals surface area contributed by atoms with Gasteiger partial charge in [0.25, 0.3) is 0 Å². The average molecular weight is 389 g/mol. The van der Waals surface area contributed by atoms with Gasteiger partial charge in [0.2, 0.25) is 0 Å². The summed E-state index contributed by atoms with van der Waals surface area (Å²) in [7, 11) is 1.46. The molecule has 0 spiro atoms. The number of carbonyl (C=O) groups excluding carboxylic acids is 2. The Morgan fingerprint density at radius 2 is 1.30 bits per heavy atom. The molecule has 0 atom stereocenters. The predicted octanol–water partition coefficient (Wildman–Crippen LogP) is 4.09. The second-order valence-corrected chi connectivity index (χ2v) is 6.55. The maximum atomic E-state index is 11.2. The van der Waals surface area contributed by atoms with Gasteiger partial charge in [-0.05, 0) is 38.5 Å². The van der Waals surface area contributed by atoms with Gasteiger partial charge in [-0.3, -0.25) is 9.59 Å². The van der Waals surface area contributed by atoms with E-state index in [0.29, 0.717) is 6.54 Å². The highest BCUT2D eigenvalue weighted by Crippen LogP contribution is 2.09. The first-order valence-electron chi connectivity index (χ1n) is 8.93. The Morgan fingerprint density at radius 1 is 0.783 bits per heavy atom. The first kappa shape index (κ1) is 22.2. The number of alkyl halides is 1. The van der Waals surface area contributed by atoms with Crippen LogP contribution in [0.1, 0.15) is 70.6 Å². The smallest absolute Gasteiger partial charge is 0.309 e. The minimum absolute atomic E-state index is 0.546. The van der Waals surface area contributed by atoms with Crippen molar-refractivity contribution in [1.82, 2.24) is 10.6 Å². The van der Waals surface area contributed by atoms with Gasteiger partial charge in [-0.15, -0.1) is 0 Å². The van der Waals surface area contributed by atoms with Crippen LogP contribution in [0.2, 0.25) is 0 Å². The number of unbranched alkanes of at least 4 members (excludes halogenated alkanes) is 9. The van der Waals surface area contributed by atoms with E-state index in [1.165, 1.54) is 58.4 Å². The summed E-state index contributed by atoms with van der Waals surface area (Å²) in [6.07, 6.45) is 18.1. The molecule has 0 saturated heterocycles. The third-order valence-corrected chi connectivity index (χ3v) is 4.25. The average Bonchev–Trinajstić information content (AvgIpc) is 2.57. The molecule has 0 radical (unpaired) electrons. The number of amides is 2. The third kappa shape index (κ3) is 15.8. The van der Waals surface area contributed by atoms with E-state index in [2.05, 4.69) is 38.7 Å². The Hall–Kier alpha value is -0.840. The summed E-state index contributed by atoms with van der Waals surface area (Å²) in [6, 6.07) is 0. The van der Waals surface area contributed by atoms with Crippen molar-refractivity contribution >= 4 is 27.7 Å². The first-order valence-corrected chi connectivity index (χ1v) is 10.1. The lowest BCUT2D eigenvalue weighted by atomic mass is 10.1. The predicted molar refractivity (Wildman–Crippen MR) is 101 cm³/mol. The van der Waals surface area contributed by atoms with Crippen LogP contribution in [-0.4, -0.2) is 30.7 Å². The fourth-order valence-electron chi connectivity index (χ4n) is 2.26. The summed E-state index contributed by atoms with van der Waals surface area (Å²) in [5.74, 6) is -1.12. The monoisotopic (exact) mass is 388 g/mol. The zero-order valence-electron chi connectivity index (χ0n) is 14.5. The lowest BCUT2D eigenvalue weighted by Gasteiger charge is -2.02. The van der Waals surface area contributed by atoms with Gasteiger partial charge in [0.1, 0.15) is 0 Å². The first-order chi connectivity index (χ1) is 11.2. The van der Waals surface area contributed by atoms with E-state index in [9.17, 15) is 9.59 Å². The molecule has 0 saturated carbocycles. The van der Waals surface area contributed by atoms with Crippen molar-refractivity contribution in [2.75, 3.05) is 18.9 Å². The van der Waals surface area contributed by atoms with Gasteiger partial charge in [-0.2, -0.15) is 0 Å². The second kappa shape index (κ2) is 17.5. The minimum atomic E-state index is -0.576. The lowest BCUT2D eigenvalue weighted by Crippen LogP contribution is -2.38. The zero-order valence-corrected chi connectivity index (χ0v) is 16.1.